The van der Waals surface area contributed by atoms with Crippen molar-refractivity contribution in [2.45, 2.75) is 120 Å². The van der Waals surface area contributed by atoms with E-state index in [1.54, 1.807) is 5.57 Å². The Hall–Kier alpha value is -0.590. The number of hydrogen-bond donors (Lipinski definition) is 0. The maximum atomic E-state index is 13.5. The second-order valence-electron chi connectivity index (χ2n) is 14.9. The third-order valence-electron chi connectivity index (χ3n) is 11.9. The van der Waals surface area contributed by atoms with Crippen molar-refractivity contribution in [2.24, 2.45) is 57.2 Å². The molecule has 0 aromatic carbocycles. The molecular weight excluding hydrogens is 388 g/mol. The molecule has 0 bridgehead atoms. The van der Waals surface area contributed by atoms with E-state index in [4.69, 9.17) is 0 Å². The van der Waals surface area contributed by atoms with Crippen LogP contribution in [0, 0.1) is 57.2 Å². The van der Waals surface area contributed by atoms with Crippen LogP contribution in [-0.2, 0) is 4.79 Å². The summed E-state index contributed by atoms with van der Waals surface area (Å²) in [6.45, 7) is 22.3. The number of hydrogen-bond acceptors (Lipinski definition) is 1. The Morgan fingerprint density at radius 3 is 2.34 bits per heavy atom. The summed E-state index contributed by atoms with van der Waals surface area (Å²) in [6.07, 6.45) is 13.9. The van der Waals surface area contributed by atoms with Crippen LogP contribution in [0.2, 0.25) is 0 Å². The van der Waals surface area contributed by atoms with Crippen LogP contribution in [0.5, 0.6) is 0 Å². The molecule has 0 aromatic rings. The highest BCUT2D eigenvalue weighted by molar-refractivity contribution is 5.94. The highest BCUT2D eigenvalue weighted by atomic mass is 16.1. The van der Waals surface area contributed by atoms with Crippen molar-refractivity contribution in [1.82, 2.24) is 0 Å². The Balaban J connectivity index is 1.61. The van der Waals surface area contributed by atoms with E-state index in [1.807, 2.05) is 0 Å². The third kappa shape index (κ3) is 3.67. The van der Waals surface area contributed by atoms with Gasteiger partial charge in [-0.15, -0.1) is 0 Å². The zero-order chi connectivity index (χ0) is 23.7. The van der Waals surface area contributed by atoms with E-state index >= 15 is 0 Å². The zero-order valence-electron chi connectivity index (χ0n) is 22.8. The monoisotopic (exact) mass is 440 g/mol. The summed E-state index contributed by atoms with van der Waals surface area (Å²) < 4.78 is 0. The van der Waals surface area contributed by atoms with Gasteiger partial charge in [0.15, 0.2) is 5.78 Å². The average Bonchev–Trinajstić information content (AvgIpc) is 2.98. The van der Waals surface area contributed by atoms with Crippen molar-refractivity contribution in [1.29, 1.82) is 0 Å². The maximum absolute atomic E-state index is 13.5. The Kier molecular flexibility index (Phi) is 6.12. The molecule has 0 spiro atoms. The zero-order valence-corrected chi connectivity index (χ0v) is 22.8. The van der Waals surface area contributed by atoms with Gasteiger partial charge in [0.05, 0.1) is 0 Å². The molecule has 0 heterocycles. The first-order valence-electron chi connectivity index (χ1n) is 14.0. The fourth-order valence-corrected chi connectivity index (χ4v) is 9.12. The predicted octanol–water partition coefficient (Wildman–Crippen LogP) is 8.87. The smallest absolute Gasteiger partial charge is 0.159 e. The van der Waals surface area contributed by atoms with E-state index in [1.165, 1.54) is 51.4 Å². The van der Waals surface area contributed by atoms with Crippen LogP contribution in [-0.4, -0.2) is 5.78 Å². The third-order valence-corrected chi connectivity index (χ3v) is 11.9. The Labute approximate surface area is 199 Å². The number of carbonyl (C=O) groups is 1. The molecule has 3 fully saturated rings. The topological polar surface area (TPSA) is 17.1 Å². The Morgan fingerprint density at radius 2 is 1.69 bits per heavy atom. The van der Waals surface area contributed by atoms with Crippen LogP contribution in [0.4, 0.5) is 0 Å². The van der Waals surface area contributed by atoms with Gasteiger partial charge in [-0.05, 0) is 109 Å². The lowest BCUT2D eigenvalue weighted by Gasteiger charge is -2.61. The average molecular weight is 441 g/mol. The van der Waals surface area contributed by atoms with Crippen LogP contribution in [0.25, 0.3) is 0 Å². The van der Waals surface area contributed by atoms with Crippen molar-refractivity contribution in [3.8, 4) is 0 Å². The summed E-state index contributed by atoms with van der Waals surface area (Å²) in [5.74, 6) is 4.44. The SMILES string of the molecule is C[C@@H]1CC[C@]2(C)C3CC[C@]4(C)[C@@H]([C@H](C)[C@H](C)CCC(C)(C)C)CC[C@@]4(C)C3=CC(=O)[C@@H]2C1. The lowest BCUT2D eigenvalue weighted by Crippen LogP contribution is -2.55. The van der Waals surface area contributed by atoms with Crippen molar-refractivity contribution < 1.29 is 4.79 Å². The molecule has 1 heteroatoms. The van der Waals surface area contributed by atoms with Gasteiger partial charge in [0.1, 0.15) is 0 Å². The van der Waals surface area contributed by atoms with E-state index in [0.717, 1.165) is 24.2 Å². The van der Waals surface area contributed by atoms with Gasteiger partial charge in [0.2, 0.25) is 0 Å². The first-order valence-corrected chi connectivity index (χ1v) is 14.0. The molecule has 0 radical (unpaired) electrons. The summed E-state index contributed by atoms with van der Waals surface area (Å²) in [7, 11) is 0. The Morgan fingerprint density at radius 1 is 1.00 bits per heavy atom. The number of ketones is 1. The highest BCUT2D eigenvalue weighted by Crippen LogP contribution is 2.72. The molecule has 9 atom stereocenters. The lowest BCUT2D eigenvalue weighted by atomic mass is 9.43. The van der Waals surface area contributed by atoms with Crippen LogP contribution >= 0.6 is 0 Å². The van der Waals surface area contributed by atoms with Gasteiger partial charge in [0, 0.05) is 5.92 Å². The summed E-state index contributed by atoms with van der Waals surface area (Å²) >= 11 is 0. The fraction of sp³-hybridized carbons (Fsp3) is 0.903. The second kappa shape index (κ2) is 7.98. The molecule has 0 N–H and O–H groups in total. The van der Waals surface area contributed by atoms with Crippen LogP contribution in [0.15, 0.2) is 11.6 Å². The molecule has 4 aliphatic rings. The maximum Gasteiger partial charge on any atom is 0.159 e. The molecule has 4 rings (SSSR count). The number of carbonyl (C=O) groups excluding carboxylic acids is 1. The number of allylic oxidation sites excluding steroid dienone is 2. The van der Waals surface area contributed by atoms with E-state index < -0.39 is 0 Å². The molecule has 0 saturated heterocycles. The molecule has 32 heavy (non-hydrogen) atoms. The first-order chi connectivity index (χ1) is 14.7. The summed E-state index contributed by atoms with van der Waals surface area (Å²) in [5, 5.41) is 0. The van der Waals surface area contributed by atoms with E-state index in [0.29, 0.717) is 28.4 Å². The largest absolute Gasteiger partial charge is 0.295 e. The summed E-state index contributed by atoms with van der Waals surface area (Å²) in [6, 6.07) is 0. The Bertz CT molecular complexity index is 770. The molecule has 182 valence electrons. The van der Waals surface area contributed by atoms with E-state index in [-0.39, 0.29) is 16.7 Å². The van der Waals surface area contributed by atoms with Crippen molar-refractivity contribution >= 4 is 5.78 Å². The van der Waals surface area contributed by atoms with Crippen molar-refractivity contribution in [3.63, 3.8) is 0 Å². The standard InChI is InChI=1S/C31H52O/c1-20-10-15-29(7)24-13-17-30(8)23(22(3)21(2)11-14-28(4,5)6)12-16-31(30,9)25(24)19-27(32)26(29)18-20/h19-24,26H,10-18H2,1-9H3/t20-,21-,22-,23-,24?,26+,29-,30-,31+/m1/s1. The molecule has 0 aliphatic heterocycles. The van der Waals surface area contributed by atoms with Gasteiger partial charge in [-0.25, -0.2) is 0 Å². The van der Waals surface area contributed by atoms with Gasteiger partial charge >= 0.3 is 0 Å². The lowest BCUT2D eigenvalue weighted by molar-refractivity contribution is -0.131. The second-order valence-corrected chi connectivity index (χ2v) is 14.9. The molecule has 3 saturated carbocycles. The molecule has 0 aromatic heterocycles. The van der Waals surface area contributed by atoms with Gasteiger partial charge in [-0.1, -0.05) is 74.3 Å². The van der Waals surface area contributed by atoms with Crippen LogP contribution in [0.3, 0.4) is 0 Å². The molecule has 1 nitrogen and oxygen atoms in total. The van der Waals surface area contributed by atoms with Gasteiger partial charge in [0.25, 0.3) is 0 Å². The van der Waals surface area contributed by atoms with Crippen LogP contribution < -0.4 is 0 Å². The predicted molar refractivity (Wildman–Crippen MR) is 136 cm³/mol. The number of rotatable bonds is 4. The van der Waals surface area contributed by atoms with Crippen molar-refractivity contribution in [2.75, 3.05) is 0 Å². The highest BCUT2D eigenvalue weighted by Gasteiger charge is 2.64. The quantitative estimate of drug-likeness (QED) is 0.426. The normalized spacial score (nSPS) is 46.0. The van der Waals surface area contributed by atoms with E-state index in [2.05, 4.69) is 68.4 Å². The van der Waals surface area contributed by atoms with Crippen LogP contribution in [0.1, 0.15) is 120 Å². The summed E-state index contributed by atoms with van der Waals surface area (Å²) in [5.41, 5.74) is 2.78. The van der Waals surface area contributed by atoms with Gasteiger partial charge < -0.3 is 0 Å². The minimum atomic E-state index is 0.210. The van der Waals surface area contributed by atoms with Gasteiger partial charge in [-0.3, -0.25) is 4.79 Å². The first kappa shape index (κ1) is 24.5. The van der Waals surface area contributed by atoms with Crippen molar-refractivity contribution in [3.05, 3.63) is 11.6 Å². The molecular formula is C31H52O. The van der Waals surface area contributed by atoms with Gasteiger partial charge in [-0.2, -0.15) is 0 Å². The molecule has 1 unspecified atom stereocenters. The fourth-order valence-electron chi connectivity index (χ4n) is 9.12. The summed E-state index contributed by atoms with van der Waals surface area (Å²) in [4.78, 5) is 13.5. The van der Waals surface area contributed by atoms with E-state index in [9.17, 15) is 4.79 Å². The minimum Gasteiger partial charge on any atom is -0.295 e. The minimum absolute atomic E-state index is 0.210. The molecule has 0 amide bonds. The number of fused-ring (bicyclic) bond motifs is 5. The molecule has 4 aliphatic carbocycles.